The summed E-state index contributed by atoms with van der Waals surface area (Å²) in [6.07, 6.45) is -1.96. The molecule has 0 amide bonds. The molecule has 2 aromatic heterocycles. The molecule has 2 heterocycles. The van der Waals surface area contributed by atoms with Crippen molar-refractivity contribution in [1.29, 1.82) is 0 Å². The zero-order valence-corrected chi connectivity index (χ0v) is 11.6. The van der Waals surface area contributed by atoms with Crippen molar-refractivity contribution in [2.24, 2.45) is 0 Å². The molecule has 3 rings (SSSR count). The van der Waals surface area contributed by atoms with E-state index < -0.39 is 12.0 Å². The number of aromatic nitrogens is 6. The number of rotatable bonds is 3. The summed E-state index contributed by atoms with van der Waals surface area (Å²) < 4.78 is 39.8. The van der Waals surface area contributed by atoms with Crippen molar-refractivity contribution in [3.63, 3.8) is 0 Å². The molecule has 0 unspecified atom stereocenters. The van der Waals surface area contributed by atoms with Gasteiger partial charge in [0.05, 0.1) is 18.4 Å². The zero-order chi connectivity index (χ0) is 15.7. The van der Waals surface area contributed by atoms with Gasteiger partial charge in [0.15, 0.2) is 0 Å². The molecule has 0 radical (unpaired) electrons. The predicted octanol–water partition coefficient (Wildman–Crippen LogP) is 2.58. The van der Waals surface area contributed by atoms with Crippen LogP contribution in [0.3, 0.4) is 0 Å². The van der Waals surface area contributed by atoms with Gasteiger partial charge in [-0.3, -0.25) is 0 Å². The van der Waals surface area contributed by atoms with Crippen LogP contribution in [-0.4, -0.2) is 29.8 Å². The fourth-order valence-electron chi connectivity index (χ4n) is 1.76. The van der Waals surface area contributed by atoms with Gasteiger partial charge >= 0.3 is 6.18 Å². The Bertz CT molecular complexity index is 777. The summed E-state index contributed by atoms with van der Waals surface area (Å²) in [4.78, 5) is 3.22. The van der Waals surface area contributed by atoms with Crippen molar-refractivity contribution in [2.75, 3.05) is 0 Å². The highest BCUT2D eigenvalue weighted by Crippen LogP contribution is 2.25. The molecule has 0 atom stereocenters. The second-order valence-electron chi connectivity index (χ2n) is 4.39. The van der Waals surface area contributed by atoms with Gasteiger partial charge in [0.2, 0.25) is 0 Å². The average molecular weight is 329 g/mol. The van der Waals surface area contributed by atoms with E-state index in [4.69, 9.17) is 11.6 Å². The van der Waals surface area contributed by atoms with Crippen LogP contribution in [0.5, 0.6) is 0 Å². The lowest BCUT2D eigenvalue weighted by Gasteiger charge is -1.99. The van der Waals surface area contributed by atoms with Gasteiger partial charge in [0.1, 0.15) is 12.0 Å². The Hall–Kier alpha value is -2.42. The Kier molecular flexibility index (Phi) is 3.57. The van der Waals surface area contributed by atoms with Gasteiger partial charge in [0, 0.05) is 5.02 Å². The Balaban J connectivity index is 1.77. The van der Waals surface area contributed by atoms with Crippen LogP contribution in [0.2, 0.25) is 5.02 Å². The van der Waals surface area contributed by atoms with E-state index in [1.807, 2.05) is 0 Å². The molecule has 0 saturated carbocycles. The second kappa shape index (κ2) is 5.41. The summed E-state index contributed by atoms with van der Waals surface area (Å²) in [5, 5.41) is 11.7. The Labute approximate surface area is 127 Å². The third-order valence-corrected chi connectivity index (χ3v) is 3.00. The van der Waals surface area contributed by atoms with Crippen molar-refractivity contribution < 1.29 is 13.2 Å². The summed E-state index contributed by atoms with van der Waals surface area (Å²) >= 11 is 5.80. The minimum absolute atomic E-state index is 0.0384. The molecule has 0 aliphatic heterocycles. The highest BCUT2D eigenvalue weighted by molar-refractivity contribution is 6.30. The van der Waals surface area contributed by atoms with Crippen LogP contribution in [0.1, 0.15) is 11.5 Å². The lowest BCUT2D eigenvalue weighted by Crippen LogP contribution is -2.09. The maximum Gasteiger partial charge on any atom is 0.453 e. The molecular formula is C12H8ClF3N6. The van der Waals surface area contributed by atoms with Crippen LogP contribution in [0, 0.1) is 0 Å². The highest BCUT2D eigenvalue weighted by Gasteiger charge is 2.35. The van der Waals surface area contributed by atoms with E-state index in [2.05, 4.69) is 20.4 Å². The molecule has 0 fully saturated rings. The zero-order valence-electron chi connectivity index (χ0n) is 10.9. The van der Waals surface area contributed by atoms with Crippen LogP contribution in [0.4, 0.5) is 13.2 Å². The van der Waals surface area contributed by atoms with Crippen LogP contribution >= 0.6 is 11.6 Å². The van der Waals surface area contributed by atoms with Crippen molar-refractivity contribution >= 4 is 11.6 Å². The summed E-state index contributed by atoms with van der Waals surface area (Å²) in [6, 6.07) is 6.90. The lowest BCUT2D eigenvalue weighted by molar-refractivity contribution is -0.145. The monoisotopic (exact) mass is 328 g/mol. The normalized spacial score (nSPS) is 11.8. The minimum Gasteiger partial charge on any atom is -0.246 e. The molecule has 22 heavy (non-hydrogen) atoms. The van der Waals surface area contributed by atoms with Crippen molar-refractivity contribution in [2.45, 2.75) is 12.7 Å². The van der Waals surface area contributed by atoms with E-state index in [9.17, 15) is 13.2 Å². The van der Waals surface area contributed by atoms with Gasteiger partial charge in [-0.25, -0.2) is 14.3 Å². The third-order valence-electron chi connectivity index (χ3n) is 2.75. The summed E-state index contributed by atoms with van der Waals surface area (Å²) in [5.41, 5.74) is 1.19. The first kappa shape index (κ1) is 14.5. The largest absolute Gasteiger partial charge is 0.453 e. The number of alkyl halides is 3. The molecule has 0 spiro atoms. The van der Waals surface area contributed by atoms with Gasteiger partial charge in [-0.1, -0.05) is 16.8 Å². The maximum absolute atomic E-state index is 12.4. The lowest BCUT2D eigenvalue weighted by atomic mass is 10.3. The number of halogens is 4. The first-order valence-electron chi connectivity index (χ1n) is 6.05. The molecular weight excluding hydrogens is 321 g/mol. The topological polar surface area (TPSA) is 61.4 Å². The van der Waals surface area contributed by atoms with E-state index >= 15 is 0 Å². The smallest absolute Gasteiger partial charge is 0.246 e. The van der Waals surface area contributed by atoms with Crippen LogP contribution in [-0.2, 0) is 12.7 Å². The fraction of sp³-hybridized carbons (Fsp3) is 0.167. The minimum atomic E-state index is -4.56. The molecule has 3 aromatic rings. The Morgan fingerprint density at radius 2 is 1.86 bits per heavy atom. The number of hydrogen-bond acceptors (Lipinski definition) is 4. The second-order valence-corrected chi connectivity index (χ2v) is 4.83. The summed E-state index contributed by atoms with van der Waals surface area (Å²) in [6.45, 7) is 0.0384. The quantitative estimate of drug-likeness (QED) is 0.741. The molecule has 0 aliphatic carbocycles. The van der Waals surface area contributed by atoms with Crippen LogP contribution < -0.4 is 0 Å². The number of benzene rings is 1. The summed E-state index contributed by atoms with van der Waals surface area (Å²) in [7, 11) is 0. The summed E-state index contributed by atoms with van der Waals surface area (Å²) in [5.74, 6) is -1.18. The SMILES string of the molecule is FC(F)(F)c1ncn(Cc2cn(-c3ccc(Cl)cc3)nn2)n1. The molecule has 114 valence electrons. The molecule has 0 aliphatic rings. The van der Waals surface area contributed by atoms with Gasteiger partial charge in [-0.2, -0.15) is 13.2 Å². The Morgan fingerprint density at radius 1 is 1.14 bits per heavy atom. The maximum atomic E-state index is 12.4. The number of nitrogens with zero attached hydrogens (tertiary/aromatic N) is 6. The van der Waals surface area contributed by atoms with Crippen molar-refractivity contribution in [3.8, 4) is 5.69 Å². The van der Waals surface area contributed by atoms with Crippen LogP contribution in [0.25, 0.3) is 5.69 Å². The van der Waals surface area contributed by atoms with Gasteiger partial charge in [-0.05, 0) is 24.3 Å². The van der Waals surface area contributed by atoms with Crippen LogP contribution in [0.15, 0.2) is 36.8 Å². The molecule has 0 saturated heterocycles. The van der Waals surface area contributed by atoms with E-state index in [1.54, 1.807) is 30.5 Å². The van der Waals surface area contributed by atoms with Crippen molar-refractivity contribution in [3.05, 3.63) is 53.3 Å². The average Bonchev–Trinajstić information content (AvgIpc) is 3.09. The molecule has 6 nitrogen and oxygen atoms in total. The highest BCUT2D eigenvalue weighted by atomic mass is 35.5. The van der Waals surface area contributed by atoms with Gasteiger partial charge < -0.3 is 0 Å². The molecule has 0 bridgehead atoms. The molecule has 10 heteroatoms. The predicted molar refractivity (Wildman–Crippen MR) is 70.5 cm³/mol. The number of hydrogen-bond donors (Lipinski definition) is 0. The molecule has 0 N–H and O–H groups in total. The van der Waals surface area contributed by atoms with E-state index in [-0.39, 0.29) is 6.54 Å². The van der Waals surface area contributed by atoms with E-state index in [1.165, 1.54) is 4.68 Å². The molecule has 1 aromatic carbocycles. The van der Waals surface area contributed by atoms with E-state index in [0.29, 0.717) is 10.7 Å². The van der Waals surface area contributed by atoms with Gasteiger partial charge in [0.25, 0.3) is 5.82 Å². The van der Waals surface area contributed by atoms with E-state index in [0.717, 1.165) is 16.7 Å². The van der Waals surface area contributed by atoms with Crippen molar-refractivity contribution in [1.82, 2.24) is 29.8 Å². The third kappa shape index (κ3) is 3.08. The first-order chi connectivity index (χ1) is 10.4. The Morgan fingerprint density at radius 3 is 2.50 bits per heavy atom. The van der Waals surface area contributed by atoms with Gasteiger partial charge in [-0.15, -0.1) is 10.2 Å². The fourth-order valence-corrected chi connectivity index (χ4v) is 1.88. The first-order valence-corrected chi connectivity index (χ1v) is 6.43. The standard InChI is InChI=1S/C12H8ClF3N6/c13-8-1-3-10(4-2-8)22-6-9(18-20-22)5-21-7-17-11(19-21)12(14,15)16/h1-4,6-7H,5H2.